The zero-order valence-corrected chi connectivity index (χ0v) is 20.4. The zero-order valence-electron chi connectivity index (χ0n) is 20.4. The van der Waals surface area contributed by atoms with Crippen molar-refractivity contribution in [1.29, 1.82) is 5.26 Å². The van der Waals surface area contributed by atoms with Gasteiger partial charge in [-0.15, -0.1) is 0 Å². The number of hydrogen-bond acceptors (Lipinski definition) is 8. The largest absolute Gasteiger partial charge is 0.383 e. The second-order valence-electron chi connectivity index (χ2n) is 9.08. The number of likely N-dealkylation sites (tertiary alicyclic amines) is 1. The van der Waals surface area contributed by atoms with Crippen LogP contribution in [0.4, 0.5) is 11.6 Å². The number of Topliss-reactive ketones (excluding diaryl/α,β-unsaturated/α-hetero) is 1. The number of ketones is 1. The Morgan fingerprint density at radius 2 is 2.00 bits per heavy atom. The first-order valence-corrected chi connectivity index (χ1v) is 11.8. The molecule has 9 nitrogen and oxygen atoms in total. The number of aromatic nitrogens is 4. The number of hydrogen-bond donors (Lipinski definition) is 1. The average Bonchev–Trinajstić information content (AvgIpc) is 3.34. The maximum Gasteiger partial charge on any atom is 0.227 e. The van der Waals surface area contributed by atoms with Crippen molar-refractivity contribution in [3.8, 4) is 17.3 Å². The minimum Gasteiger partial charge on any atom is -0.383 e. The standard InChI is InChI=1S/C26H31N7O2/c1-18-14-28-26(30-22-15-29-33(16-22)23-8-10-32(2)11-9-23)31-25(18)21-6-4-20(5-7-21)24(34)12-19(13-27)17-35-3/h4-7,14-16,19,23H,8-12,17H2,1-3H3,(H,28,30,31)/t19-/m1/s1. The van der Waals surface area contributed by atoms with Gasteiger partial charge in [-0.05, 0) is 45.5 Å². The number of piperidine rings is 1. The minimum absolute atomic E-state index is 0.0801. The molecule has 1 saturated heterocycles. The van der Waals surface area contributed by atoms with Crippen LogP contribution >= 0.6 is 0 Å². The summed E-state index contributed by atoms with van der Waals surface area (Å²) in [5.41, 5.74) is 4.03. The van der Waals surface area contributed by atoms with Gasteiger partial charge in [0.2, 0.25) is 5.95 Å². The lowest BCUT2D eigenvalue weighted by atomic mass is 9.98. The van der Waals surface area contributed by atoms with Crippen LogP contribution in [0.3, 0.4) is 0 Å². The minimum atomic E-state index is -0.450. The maximum atomic E-state index is 12.5. The van der Waals surface area contributed by atoms with Gasteiger partial charge in [0, 0.05) is 37.1 Å². The van der Waals surface area contributed by atoms with Gasteiger partial charge in [-0.3, -0.25) is 9.48 Å². The van der Waals surface area contributed by atoms with Gasteiger partial charge in [-0.25, -0.2) is 9.97 Å². The number of ether oxygens (including phenoxy) is 1. The van der Waals surface area contributed by atoms with Crippen molar-refractivity contribution in [1.82, 2.24) is 24.6 Å². The molecule has 35 heavy (non-hydrogen) atoms. The predicted molar refractivity (Wildman–Crippen MR) is 133 cm³/mol. The number of nitrogens with one attached hydrogen (secondary N) is 1. The molecule has 9 heteroatoms. The van der Waals surface area contributed by atoms with E-state index in [1.165, 1.54) is 7.11 Å². The molecule has 1 fully saturated rings. The van der Waals surface area contributed by atoms with E-state index in [0.717, 1.165) is 48.4 Å². The molecule has 1 aromatic carbocycles. The predicted octanol–water partition coefficient (Wildman–Crippen LogP) is 4.02. The Kier molecular flexibility index (Phi) is 7.85. The molecule has 1 aliphatic heterocycles. The van der Waals surface area contributed by atoms with Crippen LogP contribution in [-0.2, 0) is 4.74 Å². The lowest BCUT2D eigenvalue weighted by Crippen LogP contribution is -2.31. The molecule has 1 atom stereocenters. The fraction of sp³-hybridized carbons (Fsp3) is 0.423. The maximum absolute atomic E-state index is 12.5. The molecule has 3 heterocycles. The first-order valence-electron chi connectivity index (χ1n) is 11.8. The Labute approximate surface area is 205 Å². The second kappa shape index (κ2) is 11.2. The number of nitriles is 1. The number of nitrogens with zero attached hydrogens (tertiary/aromatic N) is 6. The number of carbonyl (C=O) groups is 1. The first kappa shape index (κ1) is 24.5. The molecule has 1 aliphatic rings. The molecule has 3 aromatic rings. The first-order chi connectivity index (χ1) is 17.0. The summed E-state index contributed by atoms with van der Waals surface area (Å²) in [5, 5.41) is 17.0. The highest BCUT2D eigenvalue weighted by atomic mass is 16.5. The van der Waals surface area contributed by atoms with Gasteiger partial charge < -0.3 is 15.0 Å². The molecule has 0 amide bonds. The monoisotopic (exact) mass is 473 g/mol. The molecule has 0 spiro atoms. The third-order valence-corrected chi connectivity index (χ3v) is 6.35. The van der Waals surface area contributed by atoms with E-state index < -0.39 is 5.92 Å². The van der Waals surface area contributed by atoms with Crippen molar-refractivity contribution in [3.05, 3.63) is 54.0 Å². The van der Waals surface area contributed by atoms with E-state index in [1.807, 2.05) is 29.9 Å². The Morgan fingerprint density at radius 3 is 2.69 bits per heavy atom. The number of anilines is 2. The van der Waals surface area contributed by atoms with Gasteiger partial charge in [0.05, 0.1) is 42.2 Å². The van der Waals surface area contributed by atoms with Gasteiger partial charge in [0.15, 0.2) is 5.78 Å². The van der Waals surface area contributed by atoms with Crippen LogP contribution in [0.25, 0.3) is 11.3 Å². The summed E-state index contributed by atoms with van der Waals surface area (Å²) in [6.45, 7) is 4.36. The van der Waals surface area contributed by atoms with E-state index in [-0.39, 0.29) is 18.8 Å². The van der Waals surface area contributed by atoms with Crippen LogP contribution < -0.4 is 5.32 Å². The molecular weight excluding hydrogens is 442 g/mol. The number of benzene rings is 1. The van der Waals surface area contributed by atoms with Crippen LogP contribution in [0.2, 0.25) is 0 Å². The molecular formula is C26H31N7O2. The summed E-state index contributed by atoms with van der Waals surface area (Å²) in [6.07, 6.45) is 7.91. The molecule has 0 bridgehead atoms. The Bertz CT molecular complexity index is 1190. The van der Waals surface area contributed by atoms with Gasteiger partial charge in [-0.1, -0.05) is 24.3 Å². The highest BCUT2D eigenvalue weighted by molar-refractivity contribution is 5.96. The smallest absolute Gasteiger partial charge is 0.227 e. The Hall–Kier alpha value is -3.61. The molecule has 0 unspecified atom stereocenters. The van der Waals surface area contributed by atoms with Gasteiger partial charge in [0.25, 0.3) is 0 Å². The molecule has 182 valence electrons. The van der Waals surface area contributed by atoms with Crippen molar-refractivity contribution in [2.24, 2.45) is 5.92 Å². The van der Waals surface area contributed by atoms with E-state index in [2.05, 4.69) is 33.4 Å². The average molecular weight is 474 g/mol. The van der Waals surface area contributed by atoms with Crippen molar-refractivity contribution in [3.63, 3.8) is 0 Å². The highest BCUT2D eigenvalue weighted by Gasteiger charge is 2.19. The molecule has 2 aromatic heterocycles. The van der Waals surface area contributed by atoms with Crippen LogP contribution in [0.1, 0.15) is 41.2 Å². The Morgan fingerprint density at radius 1 is 1.26 bits per heavy atom. The van der Waals surface area contributed by atoms with Crippen LogP contribution in [0, 0.1) is 24.2 Å². The van der Waals surface area contributed by atoms with E-state index in [0.29, 0.717) is 17.6 Å². The summed E-state index contributed by atoms with van der Waals surface area (Å²) in [7, 11) is 3.68. The van der Waals surface area contributed by atoms with Crippen molar-refractivity contribution in [2.45, 2.75) is 32.2 Å². The van der Waals surface area contributed by atoms with Gasteiger partial charge in [-0.2, -0.15) is 10.4 Å². The van der Waals surface area contributed by atoms with E-state index in [4.69, 9.17) is 9.72 Å². The summed E-state index contributed by atoms with van der Waals surface area (Å²) >= 11 is 0. The lowest BCUT2D eigenvalue weighted by Gasteiger charge is -2.28. The molecule has 0 aliphatic carbocycles. The third kappa shape index (κ3) is 6.10. The highest BCUT2D eigenvalue weighted by Crippen LogP contribution is 2.26. The lowest BCUT2D eigenvalue weighted by molar-refractivity contribution is 0.0938. The van der Waals surface area contributed by atoms with E-state index in [9.17, 15) is 10.1 Å². The molecule has 0 saturated carbocycles. The molecule has 0 radical (unpaired) electrons. The second-order valence-corrected chi connectivity index (χ2v) is 9.08. The summed E-state index contributed by atoms with van der Waals surface area (Å²) in [5.74, 6) is -0.0395. The fourth-order valence-electron chi connectivity index (χ4n) is 4.28. The number of aryl methyl sites for hydroxylation is 1. The fourth-order valence-corrected chi connectivity index (χ4v) is 4.28. The van der Waals surface area contributed by atoms with Crippen molar-refractivity contribution in [2.75, 3.05) is 39.2 Å². The van der Waals surface area contributed by atoms with Crippen molar-refractivity contribution < 1.29 is 9.53 Å². The molecule has 1 N–H and O–H groups in total. The quantitative estimate of drug-likeness (QED) is 0.464. The van der Waals surface area contributed by atoms with E-state index in [1.54, 1.807) is 24.5 Å². The summed E-state index contributed by atoms with van der Waals surface area (Å²) in [6, 6.07) is 9.84. The van der Waals surface area contributed by atoms with Crippen LogP contribution in [0.5, 0.6) is 0 Å². The number of rotatable bonds is 9. The van der Waals surface area contributed by atoms with Gasteiger partial charge >= 0.3 is 0 Å². The normalized spacial score (nSPS) is 15.5. The zero-order chi connectivity index (χ0) is 24.8. The SMILES string of the molecule is COC[C@@H](C#N)CC(=O)c1ccc(-c2nc(Nc3cnn(C4CCN(C)CC4)c3)ncc2C)cc1. The number of carbonyl (C=O) groups excluding carboxylic acids is 1. The summed E-state index contributed by atoms with van der Waals surface area (Å²) < 4.78 is 7.04. The van der Waals surface area contributed by atoms with Gasteiger partial charge in [0.1, 0.15) is 0 Å². The summed E-state index contributed by atoms with van der Waals surface area (Å²) in [4.78, 5) is 24.0. The topological polar surface area (TPSA) is 109 Å². The van der Waals surface area contributed by atoms with Crippen LogP contribution in [0.15, 0.2) is 42.9 Å². The third-order valence-electron chi connectivity index (χ3n) is 6.35. The number of methoxy groups -OCH3 is 1. The van der Waals surface area contributed by atoms with E-state index >= 15 is 0 Å². The van der Waals surface area contributed by atoms with Crippen LogP contribution in [-0.4, -0.2) is 64.3 Å². The Balaban J connectivity index is 1.45. The van der Waals surface area contributed by atoms with Crippen molar-refractivity contribution >= 4 is 17.4 Å². The molecule has 4 rings (SSSR count).